The Bertz CT molecular complexity index is 936. The van der Waals surface area contributed by atoms with E-state index in [1.807, 2.05) is 4.90 Å². The molecule has 3 fully saturated rings. The summed E-state index contributed by atoms with van der Waals surface area (Å²) in [5, 5.41) is 2.83. The summed E-state index contributed by atoms with van der Waals surface area (Å²) in [4.78, 5) is 27.2. The van der Waals surface area contributed by atoms with E-state index < -0.39 is 15.9 Å². The lowest BCUT2D eigenvalue weighted by atomic mass is 10.1. The number of sulfonamides is 1. The highest BCUT2D eigenvalue weighted by Crippen LogP contribution is 2.33. The van der Waals surface area contributed by atoms with E-state index in [1.165, 1.54) is 17.5 Å². The van der Waals surface area contributed by atoms with Crippen molar-refractivity contribution in [3.05, 3.63) is 18.2 Å². The zero-order valence-corrected chi connectivity index (χ0v) is 18.8. The van der Waals surface area contributed by atoms with Crippen LogP contribution < -0.4 is 10.1 Å². The lowest BCUT2D eigenvalue weighted by molar-refractivity contribution is -0.129. The zero-order valence-electron chi connectivity index (χ0n) is 18.0. The van der Waals surface area contributed by atoms with Gasteiger partial charge in [-0.05, 0) is 43.9 Å². The van der Waals surface area contributed by atoms with E-state index in [2.05, 4.69) is 5.32 Å². The van der Waals surface area contributed by atoms with Crippen molar-refractivity contribution in [2.75, 3.05) is 32.1 Å². The quantitative estimate of drug-likeness (QED) is 0.720. The molecule has 1 N–H and O–H groups in total. The number of ether oxygens (including phenoxy) is 1. The summed E-state index contributed by atoms with van der Waals surface area (Å²) >= 11 is 0. The minimum atomic E-state index is -3.72. The summed E-state index contributed by atoms with van der Waals surface area (Å²) in [6, 6.07) is 4.92. The van der Waals surface area contributed by atoms with Crippen LogP contribution in [-0.4, -0.2) is 62.2 Å². The molecule has 0 radical (unpaired) electrons. The van der Waals surface area contributed by atoms with Gasteiger partial charge in [-0.3, -0.25) is 9.59 Å². The average molecular weight is 450 g/mol. The molecule has 8 nitrogen and oxygen atoms in total. The summed E-state index contributed by atoms with van der Waals surface area (Å²) in [7, 11) is -2.28. The Morgan fingerprint density at radius 2 is 1.81 bits per heavy atom. The van der Waals surface area contributed by atoms with Crippen LogP contribution in [0.4, 0.5) is 5.69 Å². The number of methoxy groups -OCH3 is 1. The standard InChI is InChI=1S/C22H31N3O5S/c1-30-19-10-9-17(14-20(19)31(28,29)24-11-5-2-6-12-24)23-22(27)16-13-21(26)25(15-16)18-7-3-4-8-18/h9-10,14,16,18H,2-8,11-13,15H2,1H3,(H,23,27)/t16-/m1/s1. The Morgan fingerprint density at radius 3 is 2.48 bits per heavy atom. The average Bonchev–Trinajstić information content (AvgIpc) is 3.44. The lowest BCUT2D eigenvalue weighted by Gasteiger charge is -2.26. The van der Waals surface area contributed by atoms with Crippen LogP contribution in [0.1, 0.15) is 51.4 Å². The fourth-order valence-electron chi connectivity index (χ4n) is 4.92. The van der Waals surface area contributed by atoms with Gasteiger partial charge in [0, 0.05) is 37.8 Å². The van der Waals surface area contributed by atoms with E-state index in [1.54, 1.807) is 12.1 Å². The second-order valence-corrected chi connectivity index (χ2v) is 10.6. The number of piperidine rings is 1. The van der Waals surface area contributed by atoms with Gasteiger partial charge >= 0.3 is 0 Å². The highest BCUT2D eigenvalue weighted by Gasteiger charge is 2.39. The number of rotatable bonds is 6. The maximum atomic E-state index is 13.2. The molecule has 1 aromatic rings. The van der Waals surface area contributed by atoms with Crippen LogP contribution in [0, 0.1) is 5.92 Å². The normalized spacial score (nSPS) is 23.3. The zero-order chi connectivity index (χ0) is 22.0. The first-order chi connectivity index (χ1) is 14.9. The second-order valence-electron chi connectivity index (χ2n) is 8.71. The molecule has 0 bridgehead atoms. The molecule has 170 valence electrons. The Labute approximate surface area is 184 Å². The summed E-state index contributed by atoms with van der Waals surface area (Å²) in [6.07, 6.45) is 7.19. The number of likely N-dealkylation sites (tertiary alicyclic amines) is 1. The fraction of sp³-hybridized carbons (Fsp3) is 0.636. The van der Waals surface area contributed by atoms with Crippen LogP contribution in [0.5, 0.6) is 5.75 Å². The number of hydrogen-bond acceptors (Lipinski definition) is 5. The number of anilines is 1. The molecule has 1 aromatic carbocycles. The molecule has 2 aliphatic heterocycles. The van der Waals surface area contributed by atoms with Crippen LogP contribution in [0.15, 0.2) is 23.1 Å². The van der Waals surface area contributed by atoms with Crippen LogP contribution in [0.3, 0.4) is 0 Å². The van der Waals surface area contributed by atoms with E-state index in [0.29, 0.717) is 25.3 Å². The van der Waals surface area contributed by atoms with Crippen LogP contribution >= 0.6 is 0 Å². The minimum absolute atomic E-state index is 0.0372. The molecular weight excluding hydrogens is 418 g/mol. The van der Waals surface area contributed by atoms with Crippen molar-refractivity contribution in [3.8, 4) is 5.75 Å². The van der Waals surface area contributed by atoms with Gasteiger partial charge in [-0.2, -0.15) is 4.31 Å². The summed E-state index contributed by atoms with van der Waals surface area (Å²) in [5.74, 6) is -0.375. The Morgan fingerprint density at radius 1 is 1.10 bits per heavy atom. The van der Waals surface area contributed by atoms with Crippen molar-refractivity contribution >= 4 is 27.5 Å². The first kappa shape index (κ1) is 22.1. The Balaban J connectivity index is 1.49. The number of nitrogens with one attached hydrogen (secondary N) is 1. The number of amides is 2. The number of benzene rings is 1. The Hall–Kier alpha value is -2.13. The summed E-state index contributed by atoms with van der Waals surface area (Å²) < 4.78 is 33.1. The maximum absolute atomic E-state index is 13.2. The molecule has 31 heavy (non-hydrogen) atoms. The van der Waals surface area contributed by atoms with Gasteiger partial charge in [0.15, 0.2) is 0 Å². The molecule has 1 saturated carbocycles. The molecule has 0 spiro atoms. The number of nitrogens with zero attached hydrogens (tertiary/aromatic N) is 2. The lowest BCUT2D eigenvalue weighted by Crippen LogP contribution is -2.36. The smallest absolute Gasteiger partial charge is 0.246 e. The minimum Gasteiger partial charge on any atom is -0.495 e. The monoisotopic (exact) mass is 449 g/mol. The van der Waals surface area contributed by atoms with E-state index >= 15 is 0 Å². The SMILES string of the molecule is COc1ccc(NC(=O)[C@@H]2CC(=O)N(C3CCCC3)C2)cc1S(=O)(=O)N1CCCCC1. The predicted molar refractivity (Wildman–Crippen MR) is 116 cm³/mol. The number of hydrogen-bond donors (Lipinski definition) is 1. The highest BCUT2D eigenvalue weighted by atomic mass is 32.2. The molecule has 9 heteroatoms. The Kier molecular flexibility index (Phi) is 6.52. The van der Waals surface area contributed by atoms with E-state index in [9.17, 15) is 18.0 Å². The van der Waals surface area contributed by atoms with Crippen molar-refractivity contribution < 1.29 is 22.7 Å². The van der Waals surface area contributed by atoms with E-state index in [0.717, 1.165) is 44.9 Å². The predicted octanol–water partition coefficient (Wildman–Crippen LogP) is 2.60. The summed E-state index contributed by atoms with van der Waals surface area (Å²) in [6.45, 7) is 1.41. The van der Waals surface area contributed by atoms with Gasteiger partial charge in [0.1, 0.15) is 10.6 Å². The van der Waals surface area contributed by atoms with Crippen LogP contribution in [-0.2, 0) is 19.6 Å². The molecule has 2 saturated heterocycles. The number of carbonyl (C=O) groups is 2. The van der Waals surface area contributed by atoms with Gasteiger partial charge in [0.05, 0.1) is 13.0 Å². The van der Waals surface area contributed by atoms with Gasteiger partial charge in [0.25, 0.3) is 0 Å². The third-order valence-electron chi connectivity index (χ3n) is 6.66. The van der Waals surface area contributed by atoms with Gasteiger partial charge in [-0.25, -0.2) is 8.42 Å². The molecule has 2 heterocycles. The first-order valence-corrected chi connectivity index (χ1v) is 12.6. The molecule has 0 aromatic heterocycles. The van der Waals surface area contributed by atoms with Gasteiger partial charge in [-0.15, -0.1) is 0 Å². The molecule has 2 amide bonds. The van der Waals surface area contributed by atoms with Crippen LogP contribution in [0.2, 0.25) is 0 Å². The maximum Gasteiger partial charge on any atom is 0.246 e. The fourth-order valence-corrected chi connectivity index (χ4v) is 6.62. The summed E-state index contributed by atoms with van der Waals surface area (Å²) in [5.41, 5.74) is 0.396. The van der Waals surface area contributed by atoms with Crippen molar-refractivity contribution in [1.82, 2.24) is 9.21 Å². The molecule has 4 rings (SSSR count). The third kappa shape index (κ3) is 4.57. The molecule has 0 unspecified atom stereocenters. The van der Waals surface area contributed by atoms with Gasteiger partial charge < -0.3 is 15.0 Å². The van der Waals surface area contributed by atoms with Crippen molar-refractivity contribution in [2.24, 2.45) is 5.92 Å². The van der Waals surface area contributed by atoms with Crippen molar-refractivity contribution in [1.29, 1.82) is 0 Å². The second kappa shape index (κ2) is 9.16. The van der Waals surface area contributed by atoms with Gasteiger partial charge in [0.2, 0.25) is 21.8 Å². The molecular formula is C22H31N3O5S. The van der Waals surface area contributed by atoms with Crippen LogP contribution in [0.25, 0.3) is 0 Å². The highest BCUT2D eigenvalue weighted by molar-refractivity contribution is 7.89. The molecule has 1 aliphatic carbocycles. The van der Waals surface area contributed by atoms with E-state index in [-0.39, 0.29) is 34.9 Å². The largest absolute Gasteiger partial charge is 0.495 e. The molecule has 3 aliphatic rings. The topological polar surface area (TPSA) is 96.0 Å². The van der Waals surface area contributed by atoms with Crippen molar-refractivity contribution in [3.63, 3.8) is 0 Å². The molecule has 1 atom stereocenters. The van der Waals surface area contributed by atoms with Crippen molar-refractivity contribution in [2.45, 2.75) is 62.3 Å². The van der Waals surface area contributed by atoms with E-state index in [4.69, 9.17) is 4.74 Å². The van der Waals surface area contributed by atoms with Gasteiger partial charge in [-0.1, -0.05) is 19.3 Å². The number of carbonyl (C=O) groups excluding carboxylic acids is 2. The third-order valence-corrected chi connectivity index (χ3v) is 8.58. The first-order valence-electron chi connectivity index (χ1n) is 11.2.